The number of nitrogens with one attached hydrogen (secondary N) is 2. The van der Waals surface area contributed by atoms with E-state index < -0.39 is 0 Å². The Hall–Kier alpha value is -2.84. The van der Waals surface area contributed by atoms with Crippen LogP contribution in [0.3, 0.4) is 0 Å². The molecule has 24 heavy (non-hydrogen) atoms. The van der Waals surface area contributed by atoms with Gasteiger partial charge in [-0.05, 0) is 31.5 Å². The Bertz CT molecular complexity index is 854. The van der Waals surface area contributed by atoms with Crippen LogP contribution >= 0.6 is 0 Å². The third kappa shape index (κ3) is 3.24. The van der Waals surface area contributed by atoms with E-state index in [1.165, 1.54) is 6.33 Å². The highest BCUT2D eigenvalue weighted by Gasteiger charge is 2.19. The molecule has 124 valence electrons. The molecule has 0 atom stereocenters. The Morgan fingerprint density at radius 2 is 2.12 bits per heavy atom. The maximum atomic E-state index is 8.55. The number of anilines is 1. The van der Waals surface area contributed by atoms with Gasteiger partial charge in [0.25, 0.3) is 0 Å². The van der Waals surface area contributed by atoms with Gasteiger partial charge >= 0.3 is 0 Å². The van der Waals surface area contributed by atoms with Gasteiger partial charge in [0.1, 0.15) is 23.4 Å². The van der Waals surface area contributed by atoms with Crippen LogP contribution in [0.1, 0.15) is 24.0 Å². The molecule has 8 heteroatoms. The summed E-state index contributed by atoms with van der Waals surface area (Å²) in [7, 11) is 0. The van der Waals surface area contributed by atoms with Gasteiger partial charge in [-0.25, -0.2) is 9.97 Å². The van der Waals surface area contributed by atoms with Crippen molar-refractivity contribution in [1.29, 1.82) is 5.41 Å². The number of rotatable bonds is 7. The first-order chi connectivity index (χ1) is 11.7. The molecule has 0 saturated carbocycles. The molecule has 8 nitrogen and oxygen atoms in total. The number of quaternary nitrogens is 1. The van der Waals surface area contributed by atoms with Gasteiger partial charge < -0.3 is 16.5 Å². The first kappa shape index (κ1) is 16.0. The van der Waals surface area contributed by atoms with Gasteiger partial charge in [0.2, 0.25) is 5.82 Å². The number of aromatic nitrogens is 4. The lowest BCUT2D eigenvalue weighted by Gasteiger charge is -2.10. The summed E-state index contributed by atoms with van der Waals surface area (Å²) in [6.45, 7) is 1.51. The number of hydrogen-bond donors (Lipinski definition) is 5. The lowest BCUT2D eigenvalue weighted by atomic mass is 10.0. The van der Waals surface area contributed by atoms with Crippen molar-refractivity contribution >= 4 is 28.4 Å². The molecule has 0 aromatic carbocycles. The molecule has 3 aromatic rings. The Kier molecular flexibility index (Phi) is 4.78. The van der Waals surface area contributed by atoms with E-state index in [1.54, 1.807) is 6.20 Å². The molecule has 0 bridgehead atoms. The first-order valence-electron chi connectivity index (χ1n) is 7.87. The predicted molar refractivity (Wildman–Crippen MR) is 93.2 cm³/mol. The number of pyridine rings is 1. The zero-order valence-corrected chi connectivity index (χ0v) is 13.3. The van der Waals surface area contributed by atoms with E-state index in [-0.39, 0.29) is 5.71 Å². The van der Waals surface area contributed by atoms with Gasteiger partial charge in [0, 0.05) is 23.3 Å². The monoisotopic (exact) mass is 325 g/mol. The summed E-state index contributed by atoms with van der Waals surface area (Å²) in [5.74, 6) is 0.980. The number of fused-ring (bicyclic) bond motifs is 1. The average Bonchev–Trinajstić information content (AvgIpc) is 3.06. The SMILES string of the molecule is N=C(c1cnc2[nH]ccc2c1)c1c(N)ncnc1[NH2+]CCCCN. The van der Waals surface area contributed by atoms with E-state index in [9.17, 15) is 0 Å². The zero-order valence-electron chi connectivity index (χ0n) is 13.3. The van der Waals surface area contributed by atoms with Gasteiger partial charge in [-0.1, -0.05) is 0 Å². The first-order valence-corrected chi connectivity index (χ1v) is 7.87. The topological polar surface area (TPSA) is 147 Å². The van der Waals surface area contributed by atoms with Crippen molar-refractivity contribution in [3.8, 4) is 0 Å². The molecule has 0 aliphatic carbocycles. The van der Waals surface area contributed by atoms with E-state index in [4.69, 9.17) is 16.9 Å². The number of nitrogen functional groups attached to an aromatic ring is 1. The highest BCUT2D eigenvalue weighted by Crippen LogP contribution is 2.20. The number of hydrogen-bond acceptors (Lipinski definition) is 6. The van der Waals surface area contributed by atoms with Crippen LogP contribution in [0.2, 0.25) is 0 Å². The largest absolute Gasteiger partial charge is 0.383 e. The predicted octanol–water partition coefficient (Wildman–Crippen LogP) is 0.285. The molecule has 3 heterocycles. The van der Waals surface area contributed by atoms with E-state index in [0.29, 0.717) is 29.3 Å². The van der Waals surface area contributed by atoms with Crippen LogP contribution in [0.15, 0.2) is 30.9 Å². The van der Waals surface area contributed by atoms with Crippen LogP contribution in [-0.4, -0.2) is 38.7 Å². The third-order valence-electron chi connectivity index (χ3n) is 3.84. The molecule has 0 aliphatic heterocycles. The van der Waals surface area contributed by atoms with Crippen molar-refractivity contribution in [2.45, 2.75) is 12.8 Å². The quantitative estimate of drug-likeness (QED) is 0.313. The molecule has 3 rings (SSSR count). The van der Waals surface area contributed by atoms with Gasteiger partial charge in [-0.2, -0.15) is 4.98 Å². The number of unbranched alkanes of at least 4 members (excludes halogenated alkanes) is 1. The minimum atomic E-state index is 0.272. The fraction of sp³-hybridized carbons (Fsp3) is 0.250. The summed E-state index contributed by atoms with van der Waals surface area (Å²) in [6, 6.07) is 3.83. The van der Waals surface area contributed by atoms with Crippen molar-refractivity contribution in [3.63, 3.8) is 0 Å². The molecule has 0 amide bonds. The fourth-order valence-corrected chi connectivity index (χ4v) is 2.57. The Morgan fingerprint density at radius 3 is 2.96 bits per heavy atom. The average molecular weight is 325 g/mol. The lowest BCUT2D eigenvalue weighted by molar-refractivity contribution is -0.575. The van der Waals surface area contributed by atoms with Gasteiger partial charge in [0.15, 0.2) is 0 Å². The highest BCUT2D eigenvalue weighted by atomic mass is 15.0. The normalized spacial score (nSPS) is 11.0. The number of nitrogens with two attached hydrogens (primary N) is 3. The summed E-state index contributed by atoms with van der Waals surface area (Å²) in [5.41, 5.74) is 13.8. The van der Waals surface area contributed by atoms with Gasteiger partial charge in [-0.3, -0.25) is 10.7 Å². The Labute approximate surface area is 139 Å². The summed E-state index contributed by atoms with van der Waals surface area (Å²) >= 11 is 0. The fourth-order valence-electron chi connectivity index (χ4n) is 2.57. The Morgan fingerprint density at radius 1 is 1.25 bits per heavy atom. The summed E-state index contributed by atoms with van der Waals surface area (Å²) in [4.78, 5) is 15.7. The molecular weight excluding hydrogens is 304 g/mol. The van der Waals surface area contributed by atoms with Gasteiger partial charge in [-0.15, -0.1) is 0 Å². The lowest BCUT2D eigenvalue weighted by Crippen LogP contribution is -2.79. The molecule has 3 aromatic heterocycles. The molecule has 0 fully saturated rings. The van der Waals surface area contributed by atoms with Gasteiger partial charge in [0.05, 0.1) is 12.3 Å². The zero-order chi connectivity index (χ0) is 16.9. The van der Waals surface area contributed by atoms with Crippen LogP contribution in [-0.2, 0) is 0 Å². The highest BCUT2D eigenvalue weighted by molar-refractivity contribution is 6.16. The minimum Gasteiger partial charge on any atom is -0.383 e. The Balaban J connectivity index is 1.90. The molecule has 0 unspecified atom stereocenters. The number of nitrogens with zero attached hydrogens (tertiary/aromatic N) is 3. The second-order valence-corrected chi connectivity index (χ2v) is 5.52. The van der Waals surface area contributed by atoms with E-state index >= 15 is 0 Å². The van der Waals surface area contributed by atoms with E-state index in [2.05, 4.69) is 19.9 Å². The van der Waals surface area contributed by atoms with Crippen molar-refractivity contribution in [2.75, 3.05) is 18.8 Å². The van der Waals surface area contributed by atoms with E-state index in [1.807, 2.05) is 23.6 Å². The van der Waals surface area contributed by atoms with Crippen molar-refractivity contribution in [3.05, 3.63) is 42.0 Å². The van der Waals surface area contributed by atoms with Crippen LogP contribution < -0.4 is 16.8 Å². The van der Waals surface area contributed by atoms with Crippen LogP contribution in [0.25, 0.3) is 11.0 Å². The van der Waals surface area contributed by atoms with Crippen molar-refractivity contribution in [2.24, 2.45) is 5.73 Å². The second-order valence-electron chi connectivity index (χ2n) is 5.52. The number of H-pyrrole nitrogens is 1. The molecule has 0 aliphatic rings. The molecule has 0 saturated heterocycles. The summed E-state index contributed by atoms with van der Waals surface area (Å²) in [5, 5.41) is 11.5. The maximum Gasteiger partial charge on any atom is 0.239 e. The summed E-state index contributed by atoms with van der Waals surface area (Å²) in [6.07, 6.45) is 6.84. The van der Waals surface area contributed by atoms with Crippen LogP contribution in [0.5, 0.6) is 0 Å². The van der Waals surface area contributed by atoms with Crippen molar-refractivity contribution in [1.82, 2.24) is 19.9 Å². The molecule has 0 radical (unpaired) electrons. The van der Waals surface area contributed by atoms with Crippen molar-refractivity contribution < 1.29 is 5.32 Å². The second kappa shape index (κ2) is 7.16. The molecule has 0 spiro atoms. The molecule has 8 N–H and O–H groups in total. The third-order valence-corrected chi connectivity index (χ3v) is 3.84. The standard InChI is InChI=1S/C16H20N8/c17-4-1-2-5-20-16-12(14(19)23-9-24-16)13(18)11-7-10-3-6-21-15(10)22-8-11/h3,6-9,18H,1-2,4-5,17H2,(H,21,22)(H3,19,20,23,24)/p+1. The van der Waals surface area contributed by atoms with E-state index in [0.717, 1.165) is 30.4 Å². The van der Waals surface area contributed by atoms with Crippen LogP contribution in [0.4, 0.5) is 11.6 Å². The smallest absolute Gasteiger partial charge is 0.239 e. The maximum absolute atomic E-state index is 8.55. The number of aromatic amines is 1. The minimum absolute atomic E-state index is 0.272. The van der Waals surface area contributed by atoms with Crippen LogP contribution in [0, 0.1) is 5.41 Å². The summed E-state index contributed by atoms with van der Waals surface area (Å²) < 4.78 is 0. The molecular formula is C16H21N8+.